The van der Waals surface area contributed by atoms with Crippen molar-refractivity contribution in [1.29, 1.82) is 0 Å². The largest absolute Gasteiger partial charge is 0.478 e. The number of nitrogens with zero attached hydrogens (tertiary/aromatic N) is 5. The van der Waals surface area contributed by atoms with Crippen molar-refractivity contribution in [1.82, 2.24) is 30.7 Å². The predicted molar refractivity (Wildman–Crippen MR) is 146 cm³/mol. The van der Waals surface area contributed by atoms with Crippen LogP contribution >= 0.6 is 0 Å². The van der Waals surface area contributed by atoms with Gasteiger partial charge >= 0.3 is 6.01 Å². The number of anilines is 1. The molecule has 3 aliphatic heterocycles. The lowest BCUT2D eigenvalue weighted by Crippen LogP contribution is -2.42. The van der Waals surface area contributed by atoms with Crippen molar-refractivity contribution in [3.05, 3.63) is 29.7 Å². The fourth-order valence-corrected chi connectivity index (χ4v) is 5.61. The monoisotopic (exact) mass is 539 g/mol. The van der Waals surface area contributed by atoms with Crippen molar-refractivity contribution in [2.24, 2.45) is 5.92 Å². The maximum absolute atomic E-state index is 12.7. The van der Waals surface area contributed by atoms with E-state index in [1.165, 1.54) is 0 Å². The fourth-order valence-electron chi connectivity index (χ4n) is 5.61. The second-order valence-corrected chi connectivity index (χ2v) is 11.3. The summed E-state index contributed by atoms with van der Waals surface area (Å²) in [5.74, 6) is 2.19. The highest BCUT2D eigenvalue weighted by Gasteiger charge is 2.34. The number of nitrogens with one attached hydrogen (secondary N) is 2. The van der Waals surface area contributed by atoms with E-state index in [-0.39, 0.29) is 29.8 Å². The Balaban J connectivity index is 0.973. The molecule has 2 amide bonds. The molecule has 2 aromatic rings. The Morgan fingerprint density at radius 2 is 1.97 bits per heavy atom. The van der Waals surface area contributed by atoms with Gasteiger partial charge in [0.2, 0.25) is 11.8 Å². The van der Waals surface area contributed by atoms with E-state index in [4.69, 9.17) is 9.26 Å². The first-order valence-corrected chi connectivity index (χ1v) is 14.5. The lowest BCUT2D eigenvalue weighted by Gasteiger charge is -2.30. The van der Waals surface area contributed by atoms with Crippen molar-refractivity contribution in [3.63, 3.8) is 0 Å². The van der Waals surface area contributed by atoms with Crippen LogP contribution in [0, 0.1) is 5.92 Å². The van der Waals surface area contributed by atoms with Gasteiger partial charge in [0, 0.05) is 56.9 Å². The van der Waals surface area contributed by atoms with E-state index < -0.39 is 0 Å². The van der Waals surface area contributed by atoms with Crippen molar-refractivity contribution in [3.8, 4) is 5.88 Å². The number of hydrogen-bond acceptors (Lipinski definition) is 9. The number of aromatic nitrogens is 3. The highest BCUT2D eigenvalue weighted by molar-refractivity contribution is 5.94. The molecule has 39 heavy (non-hydrogen) atoms. The van der Waals surface area contributed by atoms with Gasteiger partial charge in [-0.25, -0.2) is 4.98 Å². The molecular weight excluding hydrogens is 498 g/mol. The van der Waals surface area contributed by atoms with Gasteiger partial charge in [0.25, 0.3) is 5.91 Å². The Labute approximate surface area is 230 Å². The summed E-state index contributed by atoms with van der Waals surface area (Å²) in [5, 5.41) is 10.4. The molecule has 11 nitrogen and oxygen atoms in total. The average molecular weight is 540 g/mol. The highest BCUT2D eigenvalue weighted by Crippen LogP contribution is 2.26. The van der Waals surface area contributed by atoms with Gasteiger partial charge in [0.1, 0.15) is 0 Å². The van der Waals surface area contributed by atoms with Gasteiger partial charge < -0.3 is 29.7 Å². The molecule has 11 heteroatoms. The van der Waals surface area contributed by atoms with Crippen molar-refractivity contribution in [2.45, 2.75) is 76.8 Å². The third-order valence-corrected chi connectivity index (χ3v) is 8.02. The van der Waals surface area contributed by atoms with Crippen molar-refractivity contribution < 1.29 is 18.8 Å². The zero-order valence-electron chi connectivity index (χ0n) is 23.1. The lowest BCUT2D eigenvalue weighted by molar-refractivity contribution is -0.132. The summed E-state index contributed by atoms with van der Waals surface area (Å²) >= 11 is 0. The number of hydrogen-bond donors (Lipinski definition) is 2. The fraction of sp³-hybridized carbons (Fsp3) is 0.679. The van der Waals surface area contributed by atoms with Crippen LogP contribution in [0.3, 0.4) is 0 Å². The van der Waals surface area contributed by atoms with Crippen LogP contribution < -0.4 is 20.3 Å². The van der Waals surface area contributed by atoms with Crippen molar-refractivity contribution >= 4 is 17.8 Å². The predicted octanol–water partition coefficient (Wildman–Crippen LogP) is 2.75. The molecule has 2 aromatic heterocycles. The van der Waals surface area contributed by atoms with E-state index >= 15 is 0 Å². The van der Waals surface area contributed by atoms with E-state index in [1.807, 2.05) is 4.90 Å². The first-order chi connectivity index (χ1) is 19.0. The summed E-state index contributed by atoms with van der Waals surface area (Å²) < 4.78 is 11.3. The van der Waals surface area contributed by atoms with Crippen LogP contribution in [0.5, 0.6) is 5.88 Å². The number of pyridine rings is 1. The molecule has 0 bridgehead atoms. The van der Waals surface area contributed by atoms with E-state index in [2.05, 4.69) is 44.5 Å². The minimum absolute atomic E-state index is 0.0682. The second-order valence-electron chi connectivity index (χ2n) is 11.3. The van der Waals surface area contributed by atoms with Crippen LogP contribution in [0.15, 0.2) is 22.9 Å². The van der Waals surface area contributed by atoms with Gasteiger partial charge in [0.15, 0.2) is 5.82 Å². The number of carbonyl (C=O) groups excluding carboxylic acids is 2. The number of piperidine rings is 1. The first-order valence-electron chi connectivity index (χ1n) is 14.5. The summed E-state index contributed by atoms with van der Waals surface area (Å²) in [6.07, 6.45) is 8.59. The van der Waals surface area contributed by atoms with Crippen LogP contribution in [-0.2, 0) is 4.79 Å². The zero-order valence-corrected chi connectivity index (χ0v) is 23.1. The maximum atomic E-state index is 12.7. The molecule has 5 rings (SSSR count). The molecule has 3 saturated heterocycles. The highest BCUT2D eigenvalue weighted by atomic mass is 16.5. The minimum atomic E-state index is -0.210. The van der Waals surface area contributed by atoms with Crippen LogP contribution in [0.1, 0.15) is 80.9 Å². The minimum Gasteiger partial charge on any atom is -0.478 e. The van der Waals surface area contributed by atoms with E-state index in [9.17, 15) is 9.59 Å². The Hall–Kier alpha value is -3.21. The van der Waals surface area contributed by atoms with Gasteiger partial charge in [0.05, 0.1) is 18.2 Å². The summed E-state index contributed by atoms with van der Waals surface area (Å²) in [6, 6.07) is 3.85. The summed E-state index contributed by atoms with van der Waals surface area (Å²) in [5.41, 5.74) is 0.491. The van der Waals surface area contributed by atoms with Crippen LogP contribution in [0.25, 0.3) is 0 Å². The molecule has 212 valence electrons. The van der Waals surface area contributed by atoms with Crippen molar-refractivity contribution in [2.75, 3.05) is 44.2 Å². The van der Waals surface area contributed by atoms with Gasteiger partial charge in [-0.2, -0.15) is 4.98 Å². The molecule has 0 spiro atoms. The summed E-state index contributed by atoms with van der Waals surface area (Å²) in [4.78, 5) is 38.2. The van der Waals surface area contributed by atoms with E-state index in [1.54, 1.807) is 18.3 Å². The molecule has 2 atom stereocenters. The maximum Gasteiger partial charge on any atom is 0.324 e. The Morgan fingerprint density at radius 1 is 1.18 bits per heavy atom. The van der Waals surface area contributed by atoms with Gasteiger partial charge in [-0.15, -0.1) is 0 Å². The third-order valence-electron chi connectivity index (χ3n) is 8.02. The zero-order chi connectivity index (χ0) is 27.2. The SMILES string of the molecule is CC(C)c1noc(N2CCC(CCCOc3ccc(C(=O)N[C@@H]4CN[C@H](C(=O)N5CCCC5)C4)cn3)CC2)n1. The molecule has 0 radical (unpaired) electrons. The topological polar surface area (TPSA) is 126 Å². The number of ether oxygens (including phenoxy) is 1. The van der Waals surface area contributed by atoms with E-state index in [0.29, 0.717) is 42.9 Å². The third kappa shape index (κ3) is 7.06. The van der Waals surface area contributed by atoms with Gasteiger partial charge in [-0.3, -0.25) is 9.59 Å². The normalized spacial score (nSPS) is 22.0. The molecule has 5 heterocycles. The molecule has 3 aliphatic rings. The summed E-state index contributed by atoms with van der Waals surface area (Å²) in [6.45, 7) is 8.87. The van der Waals surface area contributed by atoms with Crippen LogP contribution in [-0.4, -0.2) is 83.3 Å². The molecule has 0 saturated carbocycles. The number of amides is 2. The number of carbonyl (C=O) groups is 2. The molecular formula is C28H41N7O4. The lowest BCUT2D eigenvalue weighted by atomic mass is 9.92. The van der Waals surface area contributed by atoms with Crippen LogP contribution in [0.4, 0.5) is 6.01 Å². The molecule has 0 aromatic carbocycles. The number of rotatable bonds is 10. The van der Waals surface area contributed by atoms with Gasteiger partial charge in [-0.05, 0) is 56.9 Å². The molecule has 0 aliphatic carbocycles. The van der Waals surface area contributed by atoms with Crippen LogP contribution in [0.2, 0.25) is 0 Å². The molecule has 0 unspecified atom stereocenters. The summed E-state index contributed by atoms with van der Waals surface area (Å²) in [7, 11) is 0. The Morgan fingerprint density at radius 3 is 2.67 bits per heavy atom. The van der Waals surface area contributed by atoms with Gasteiger partial charge in [-0.1, -0.05) is 19.0 Å². The molecule has 3 fully saturated rings. The van der Waals surface area contributed by atoms with E-state index in [0.717, 1.165) is 70.5 Å². The smallest absolute Gasteiger partial charge is 0.324 e. The standard InChI is InChI=1S/C28H41N7O4/c1-19(2)25-32-28(39-33-25)35-13-9-20(10-14-35)6-5-15-38-24-8-7-21(17-30-24)26(36)31-22-16-23(29-18-22)27(37)34-11-3-4-12-34/h7-8,17,19-20,22-23,29H,3-6,9-16,18H2,1-2H3,(H,31,36)/t22-,23-/m0/s1. The quantitative estimate of drug-likeness (QED) is 0.438. The average Bonchev–Trinajstić information content (AvgIpc) is 3.74. The Bertz CT molecular complexity index is 1090. The Kier molecular flexibility index (Phi) is 8.95. The molecule has 2 N–H and O–H groups in total. The first kappa shape index (κ1) is 27.4. The number of likely N-dealkylation sites (tertiary alicyclic amines) is 1. The second kappa shape index (κ2) is 12.8.